The molecule has 0 spiro atoms. The molecule has 58 heavy (non-hydrogen) atoms. The van der Waals surface area contributed by atoms with Crippen LogP contribution in [0.25, 0.3) is 120 Å². The van der Waals surface area contributed by atoms with Crippen LogP contribution in [0.5, 0.6) is 0 Å². The highest BCUT2D eigenvalue weighted by Gasteiger charge is 2.25. The third-order valence-electron chi connectivity index (χ3n) is 12.3. The number of benzene rings is 12. The summed E-state index contributed by atoms with van der Waals surface area (Å²) in [5, 5.41) is 17.3. The third kappa shape index (κ3) is 5.30. The summed E-state index contributed by atoms with van der Waals surface area (Å²) in [4.78, 5) is 0. The molecule has 12 aromatic carbocycles. The monoisotopic (exact) mass is 732 g/mol. The SMILES string of the molecule is c1ccc2cc(-c3c(-c4ccc5ccccc5c4)c(-c4ccc5ccccc5c4)c4cc5cc6ccccc6cc5cc4c3-c3ccc4ccccc4c3)ccc2c1. The van der Waals surface area contributed by atoms with Crippen LogP contribution in [-0.2, 0) is 0 Å². The van der Waals surface area contributed by atoms with Crippen molar-refractivity contribution in [3.8, 4) is 44.5 Å². The van der Waals surface area contributed by atoms with Gasteiger partial charge in [0.05, 0.1) is 0 Å². The molecule has 0 saturated heterocycles. The Labute approximate surface area is 336 Å². The Morgan fingerprint density at radius 1 is 0.155 bits per heavy atom. The lowest BCUT2D eigenvalue weighted by atomic mass is 9.77. The minimum absolute atomic E-state index is 1.20. The summed E-state index contributed by atoms with van der Waals surface area (Å²) in [7, 11) is 0. The highest BCUT2D eigenvalue weighted by molar-refractivity contribution is 6.22. The topological polar surface area (TPSA) is 0 Å². The van der Waals surface area contributed by atoms with E-state index in [4.69, 9.17) is 0 Å². The molecular weight excluding hydrogens is 697 g/mol. The molecule has 0 aromatic heterocycles. The van der Waals surface area contributed by atoms with Crippen molar-refractivity contribution in [2.75, 3.05) is 0 Å². The van der Waals surface area contributed by atoms with Crippen LogP contribution in [-0.4, -0.2) is 0 Å². The molecule has 268 valence electrons. The summed E-state index contributed by atoms with van der Waals surface area (Å²) in [6.45, 7) is 0. The summed E-state index contributed by atoms with van der Waals surface area (Å²) >= 11 is 0. The van der Waals surface area contributed by atoms with Gasteiger partial charge in [0.15, 0.2) is 0 Å². The fourth-order valence-corrected chi connectivity index (χ4v) is 9.48. The fraction of sp³-hybridized carbons (Fsp3) is 0. The van der Waals surface area contributed by atoms with Gasteiger partial charge in [-0.3, -0.25) is 0 Å². The predicted octanol–water partition coefficient (Wildman–Crippen LogP) is 16.4. The van der Waals surface area contributed by atoms with Gasteiger partial charge < -0.3 is 0 Å². The van der Waals surface area contributed by atoms with E-state index in [2.05, 4.69) is 218 Å². The quantitative estimate of drug-likeness (QED) is 0.158. The Hall–Kier alpha value is -7.54. The Balaban J connectivity index is 1.34. The number of hydrogen-bond donors (Lipinski definition) is 0. The smallest absolute Gasteiger partial charge is 0.00139 e. The maximum Gasteiger partial charge on any atom is -0.00139 e. The van der Waals surface area contributed by atoms with Crippen LogP contribution in [0.4, 0.5) is 0 Å². The van der Waals surface area contributed by atoms with Crippen molar-refractivity contribution in [2.45, 2.75) is 0 Å². The lowest BCUT2D eigenvalue weighted by Crippen LogP contribution is -1.98. The average molecular weight is 733 g/mol. The van der Waals surface area contributed by atoms with E-state index in [9.17, 15) is 0 Å². The number of rotatable bonds is 4. The average Bonchev–Trinajstić information content (AvgIpc) is 3.28. The molecule has 0 N–H and O–H groups in total. The Morgan fingerprint density at radius 3 is 0.690 bits per heavy atom. The van der Waals surface area contributed by atoms with Crippen molar-refractivity contribution in [1.29, 1.82) is 0 Å². The molecule has 0 nitrogen and oxygen atoms in total. The van der Waals surface area contributed by atoms with Crippen molar-refractivity contribution in [3.05, 3.63) is 218 Å². The van der Waals surface area contributed by atoms with Gasteiger partial charge in [-0.2, -0.15) is 0 Å². The second-order valence-corrected chi connectivity index (χ2v) is 15.7. The van der Waals surface area contributed by atoms with Crippen molar-refractivity contribution in [1.82, 2.24) is 0 Å². The number of hydrogen-bond acceptors (Lipinski definition) is 0. The molecule has 0 aliphatic rings. The van der Waals surface area contributed by atoms with Gasteiger partial charge in [-0.25, -0.2) is 0 Å². The zero-order valence-electron chi connectivity index (χ0n) is 31.8. The van der Waals surface area contributed by atoms with E-state index in [1.165, 1.54) is 120 Å². The first-order valence-electron chi connectivity index (χ1n) is 20.1. The summed E-state index contributed by atoms with van der Waals surface area (Å²) in [5.41, 5.74) is 9.80. The second kappa shape index (κ2) is 13.0. The molecule has 0 atom stereocenters. The Bertz CT molecular complexity index is 3380. The molecule has 0 fully saturated rings. The zero-order valence-corrected chi connectivity index (χ0v) is 31.8. The summed E-state index contributed by atoms with van der Waals surface area (Å²) in [5.74, 6) is 0. The largest absolute Gasteiger partial charge is 0.0616 e. The third-order valence-corrected chi connectivity index (χ3v) is 12.3. The summed E-state index contributed by atoms with van der Waals surface area (Å²) in [6.07, 6.45) is 0. The molecule has 0 aliphatic heterocycles. The maximum atomic E-state index is 2.47. The highest BCUT2D eigenvalue weighted by atomic mass is 14.3. The van der Waals surface area contributed by atoms with Gasteiger partial charge in [0.25, 0.3) is 0 Å². The minimum atomic E-state index is 1.20. The molecule has 0 heteroatoms. The van der Waals surface area contributed by atoms with E-state index in [0.29, 0.717) is 0 Å². The lowest BCUT2D eigenvalue weighted by Gasteiger charge is -2.25. The fourth-order valence-electron chi connectivity index (χ4n) is 9.48. The molecule has 0 bridgehead atoms. The lowest BCUT2D eigenvalue weighted by molar-refractivity contribution is 1.60. The Kier molecular flexibility index (Phi) is 7.33. The first-order chi connectivity index (χ1) is 28.7. The molecular formula is C58H36. The van der Waals surface area contributed by atoms with E-state index >= 15 is 0 Å². The molecule has 0 amide bonds. The van der Waals surface area contributed by atoms with Gasteiger partial charge in [0.2, 0.25) is 0 Å². The van der Waals surface area contributed by atoms with Crippen LogP contribution in [0.15, 0.2) is 218 Å². The van der Waals surface area contributed by atoms with Crippen LogP contribution in [0.3, 0.4) is 0 Å². The highest BCUT2D eigenvalue weighted by Crippen LogP contribution is 2.53. The summed E-state index contributed by atoms with van der Waals surface area (Å²) in [6, 6.07) is 81.5. The van der Waals surface area contributed by atoms with Crippen LogP contribution in [0, 0.1) is 0 Å². The maximum absolute atomic E-state index is 2.47. The molecule has 0 radical (unpaired) electrons. The van der Waals surface area contributed by atoms with Gasteiger partial charge in [-0.1, -0.05) is 170 Å². The molecule has 0 saturated carbocycles. The predicted molar refractivity (Wildman–Crippen MR) is 251 cm³/mol. The van der Waals surface area contributed by atoms with Crippen LogP contribution < -0.4 is 0 Å². The van der Waals surface area contributed by atoms with E-state index in [0.717, 1.165) is 0 Å². The van der Waals surface area contributed by atoms with Gasteiger partial charge in [-0.15, -0.1) is 0 Å². The van der Waals surface area contributed by atoms with E-state index in [1.54, 1.807) is 0 Å². The first kappa shape index (κ1) is 32.7. The number of fused-ring (bicyclic) bond motifs is 7. The van der Waals surface area contributed by atoms with Crippen molar-refractivity contribution in [3.63, 3.8) is 0 Å². The molecule has 12 aromatic rings. The van der Waals surface area contributed by atoms with Gasteiger partial charge in [0, 0.05) is 0 Å². The zero-order chi connectivity index (χ0) is 38.2. The van der Waals surface area contributed by atoms with E-state index in [-0.39, 0.29) is 0 Å². The first-order valence-corrected chi connectivity index (χ1v) is 20.1. The normalized spacial score (nSPS) is 11.8. The van der Waals surface area contributed by atoms with E-state index in [1.807, 2.05) is 0 Å². The minimum Gasteiger partial charge on any atom is -0.0616 e. The van der Waals surface area contributed by atoms with Crippen molar-refractivity contribution in [2.24, 2.45) is 0 Å². The van der Waals surface area contributed by atoms with Crippen LogP contribution in [0.2, 0.25) is 0 Å². The van der Waals surface area contributed by atoms with Crippen molar-refractivity contribution >= 4 is 75.4 Å². The van der Waals surface area contributed by atoms with Crippen molar-refractivity contribution < 1.29 is 0 Å². The second-order valence-electron chi connectivity index (χ2n) is 15.7. The summed E-state index contributed by atoms with van der Waals surface area (Å²) < 4.78 is 0. The van der Waals surface area contributed by atoms with E-state index < -0.39 is 0 Å². The van der Waals surface area contributed by atoms with Gasteiger partial charge in [-0.05, 0) is 168 Å². The molecule has 12 rings (SSSR count). The Morgan fingerprint density at radius 2 is 0.397 bits per heavy atom. The molecule has 0 unspecified atom stereocenters. The standard InChI is InChI=1S/C58H36/c1-5-15-41-29-47(25-21-37(41)11-1)55-53-35-51-33-45-19-9-10-20-46(45)34-52(51)36-54(53)56(48-26-22-38-12-2-6-16-42(38)30-48)58(50-28-24-40-14-4-8-18-44(40)32-50)57(55)49-27-23-39-13-3-7-17-43(39)31-49/h1-36H. The molecule has 0 heterocycles. The molecule has 0 aliphatic carbocycles. The van der Waals surface area contributed by atoms with Crippen LogP contribution in [0.1, 0.15) is 0 Å². The van der Waals surface area contributed by atoms with Gasteiger partial charge in [0.1, 0.15) is 0 Å². The van der Waals surface area contributed by atoms with Gasteiger partial charge >= 0.3 is 0 Å². The van der Waals surface area contributed by atoms with Crippen LogP contribution >= 0.6 is 0 Å².